The van der Waals surface area contributed by atoms with Gasteiger partial charge in [-0.05, 0) is 18.1 Å². The van der Waals surface area contributed by atoms with Crippen LogP contribution >= 0.6 is 0 Å². The number of hydrogen-bond acceptors (Lipinski definition) is 2. The number of hydrogen-bond donors (Lipinski definition) is 0. The number of benzene rings is 3. The Bertz CT molecular complexity index is 918. The summed E-state index contributed by atoms with van der Waals surface area (Å²) in [5.41, 5.74) is 5.63. The third-order valence-corrected chi connectivity index (χ3v) is 4.75. The molecular weight excluding hydrogens is 330 g/mol. The number of nitrogens with zero attached hydrogens (tertiary/aromatic N) is 3. The van der Waals surface area contributed by atoms with Gasteiger partial charge in [-0.25, -0.2) is 0 Å². The summed E-state index contributed by atoms with van der Waals surface area (Å²) in [5, 5.41) is 9.45. The van der Waals surface area contributed by atoms with E-state index in [1.807, 2.05) is 36.4 Å². The summed E-state index contributed by atoms with van der Waals surface area (Å²) in [6.45, 7) is 3.15. The van der Waals surface area contributed by atoms with Crippen molar-refractivity contribution in [3.63, 3.8) is 0 Å². The molecule has 0 saturated carbocycles. The molecule has 0 fully saturated rings. The zero-order valence-corrected chi connectivity index (χ0v) is 15.5. The van der Waals surface area contributed by atoms with Crippen LogP contribution in [0.4, 0.5) is 5.69 Å². The SMILES string of the molecule is CCCN1/C(=N/N=C(c2ccccc2)c2ccccc2)Cc2ccccc21. The number of anilines is 1. The molecule has 0 N–H and O–H groups in total. The van der Waals surface area contributed by atoms with Gasteiger partial charge in [0, 0.05) is 29.8 Å². The van der Waals surface area contributed by atoms with E-state index in [2.05, 4.69) is 60.4 Å². The van der Waals surface area contributed by atoms with Gasteiger partial charge in [-0.3, -0.25) is 0 Å². The van der Waals surface area contributed by atoms with Crippen molar-refractivity contribution < 1.29 is 0 Å². The van der Waals surface area contributed by atoms with Crippen LogP contribution in [-0.2, 0) is 6.42 Å². The lowest BCUT2D eigenvalue weighted by Crippen LogP contribution is -2.27. The predicted octanol–water partition coefficient (Wildman–Crippen LogP) is 5.31. The van der Waals surface area contributed by atoms with Crippen LogP contribution in [0.2, 0.25) is 0 Å². The van der Waals surface area contributed by atoms with Gasteiger partial charge in [0.25, 0.3) is 0 Å². The van der Waals surface area contributed by atoms with Crippen molar-refractivity contribution in [3.8, 4) is 0 Å². The first-order valence-corrected chi connectivity index (χ1v) is 9.47. The Labute approximate surface area is 160 Å². The molecule has 3 heteroatoms. The molecule has 1 aliphatic heterocycles. The van der Waals surface area contributed by atoms with E-state index in [1.165, 1.54) is 11.3 Å². The summed E-state index contributed by atoms with van der Waals surface area (Å²) >= 11 is 0. The number of para-hydroxylation sites is 1. The number of amidine groups is 1. The Morgan fingerprint density at radius 1 is 0.815 bits per heavy atom. The molecule has 1 aliphatic rings. The van der Waals surface area contributed by atoms with Gasteiger partial charge in [0.05, 0.1) is 0 Å². The highest BCUT2D eigenvalue weighted by Crippen LogP contribution is 2.29. The van der Waals surface area contributed by atoms with Gasteiger partial charge >= 0.3 is 0 Å². The Morgan fingerprint density at radius 3 is 2.04 bits per heavy atom. The molecule has 0 aliphatic carbocycles. The molecule has 0 spiro atoms. The van der Waals surface area contributed by atoms with Gasteiger partial charge in [-0.2, -0.15) is 0 Å². The van der Waals surface area contributed by atoms with E-state index in [1.54, 1.807) is 0 Å². The molecule has 3 nitrogen and oxygen atoms in total. The molecule has 4 rings (SSSR count). The van der Waals surface area contributed by atoms with Gasteiger partial charge in [-0.15, -0.1) is 10.2 Å². The lowest BCUT2D eigenvalue weighted by Gasteiger charge is -2.18. The second-order valence-electron chi connectivity index (χ2n) is 6.65. The summed E-state index contributed by atoms with van der Waals surface area (Å²) in [6, 6.07) is 29.1. The largest absolute Gasteiger partial charge is 0.328 e. The smallest absolute Gasteiger partial charge is 0.136 e. The van der Waals surface area contributed by atoms with E-state index in [9.17, 15) is 0 Å². The average molecular weight is 353 g/mol. The fraction of sp³-hybridized carbons (Fsp3) is 0.167. The van der Waals surface area contributed by atoms with Gasteiger partial charge in [0.2, 0.25) is 0 Å². The number of rotatable bonds is 5. The fourth-order valence-corrected chi connectivity index (χ4v) is 3.47. The van der Waals surface area contributed by atoms with Crippen molar-refractivity contribution in [2.45, 2.75) is 19.8 Å². The third kappa shape index (κ3) is 3.68. The summed E-state index contributed by atoms with van der Waals surface area (Å²) < 4.78 is 0. The van der Waals surface area contributed by atoms with Gasteiger partial charge < -0.3 is 4.90 Å². The minimum absolute atomic E-state index is 0.830. The van der Waals surface area contributed by atoms with Gasteiger partial charge in [-0.1, -0.05) is 85.8 Å². The lowest BCUT2D eigenvalue weighted by atomic mass is 10.0. The maximum absolute atomic E-state index is 4.72. The molecule has 0 unspecified atom stereocenters. The molecule has 0 bridgehead atoms. The van der Waals surface area contributed by atoms with Crippen LogP contribution in [0, 0.1) is 0 Å². The van der Waals surface area contributed by atoms with Crippen molar-refractivity contribution in [2.24, 2.45) is 10.2 Å². The second-order valence-corrected chi connectivity index (χ2v) is 6.65. The first kappa shape index (κ1) is 17.2. The Morgan fingerprint density at radius 2 is 1.41 bits per heavy atom. The Hall–Kier alpha value is -3.20. The van der Waals surface area contributed by atoms with Crippen molar-refractivity contribution in [1.29, 1.82) is 0 Å². The third-order valence-electron chi connectivity index (χ3n) is 4.75. The topological polar surface area (TPSA) is 28.0 Å². The molecule has 0 radical (unpaired) electrons. The molecule has 0 aromatic heterocycles. The summed E-state index contributed by atoms with van der Waals surface area (Å²) in [5.74, 6) is 1.02. The second kappa shape index (κ2) is 8.00. The molecule has 1 heterocycles. The van der Waals surface area contributed by atoms with Crippen LogP contribution in [0.3, 0.4) is 0 Å². The minimum atomic E-state index is 0.830. The lowest BCUT2D eigenvalue weighted by molar-refractivity contribution is 0.903. The minimum Gasteiger partial charge on any atom is -0.328 e. The van der Waals surface area contributed by atoms with Crippen LogP contribution < -0.4 is 4.90 Å². The van der Waals surface area contributed by atoms with Crippen LogP contribution in [0.15, 0.2) is 95.1 Å². The highest BCUT2D eigenvalue weighted by Gasteiger charge is 2.24. The highest BCUT2D eigenvalue weighted by atomic mass is 15.3. The molecule has 0 atom stereocenters. The fourth-order valence-electron chi connectivity index (χ4n) is 3.47. The first-order chi connectivity index (χ1) is 13.4. The standard InChI is InChI=1S/C24H23N3/c1-2-17-27-22-16-10-9-15-21(22)18-23(27)25-26-24(19-11-5-3-6-12-19)20-13-7-4-8-14-20/h3-16H,2,17-18H2,1H3/b25-23+. The van der Waals surface area contributed by atoms with Crippen molar-refractivity contribution in [1.82, 2.24) is 0 Å². The average Bonchev–Trinajstić information content (AvgIpc) is 3.08. The maximum atomic E-state index is 4.72. The molecule has 134 valence electrons. The van der Waals surface area contributed by atoms with Gasteiger partial charge in [0.15, 0.2) is 0 Å². The summed E-state index contributed by atoms with van der Waals surface area (Å²) in [4.78, 5) is 2.30. The van der Waals surface area contributed by atoms with Crippen LogP contribution in [0.25, 0.3) is 0 Å². The molecular formula is C24H23N3. The zero-order valence-electron chi connectivity index (χ0n) is 15.5. The molecule has 27 heavy (non-hydrogen) atoms. The normalized spacial score (nSPS) is 14.3. The summed E-state index contributed by atoms with van der Waals surface area (Å²) in [7, 11) is 0. The monoisotopic (exact) mass is 353 g/mol. The molecule has 0 amide bonds. The first-order valence-electron chi connectivity index (χ1n) is 9.47. The van der Waals surface area contributed by atoms with Crippen LogP contribution in [0.5, 0.6) is 0 Å². The van der Waals surface area contributed by atoms with E-state index < -0.39 is 0 Å². The Balaban J connectivity index is 1.75. The van der Waals surface area contributed by atoms with E-state index in [0.29, 0.717) is 0 Å². The van der Waals surface area contributed by atoms with E-state index >= 15 is 0 Å². The molecule has 3 aromatic carbocycles. The van der Waals surface area contributed by atoms with Gasteiger partial charge in [0.1, 0.15) is 11.5 Å². The van der Waals surface area contributed by atoms with E-state index in [4.69, 9.17) is 10.2 Å². The van der Waals surface area contributed by atoms with Crippen molar-refractivity contribution in [3.05, 3.63) is 102 Å². The maximum Gasteiger partial charge on any atom is 0.136 e. The van der Waals surface area contributed by atoms with Crippen molar-refractivity contribution >= 4 is 17.2 Å². The highest BCUT2D eigenvalue weighted by molar-refractivity contribution is 6.13. The van der Waals surface area contributed by atoms with Crippen molar-refractivity contribution in [2.75, 3.05) is 11.4 Å². The molecule has 0 saturated heterocycles. The zero-order chi connectivity index (χ0) is 18.5. The van der Waals surface area contributed by atoms with Crippen LogP contribution in [-0.4, -0.2) is 18.1 Å². The predicted molar refractivity (Wildman–Crippen MR) is 114 cm³/mol. The quantitative estimate of drug-likeness (QED) is 0.451. The molecule has 3 aromatic rings. The van der Waals surface area contributed by atoms with Crippen LogP contribution in [0.1, 0.15) is 30.0 Å². The van der Waals surface area contributed by atoms with E-state index in [-0.39, 0.29) is 0 Å². The number of fused-ring (bicyclic) bond motifs is 1. The Kier molecular flexibility index (Phi) is 5.10. The van der Waals surface area contributed by atoms with E-state index in [0.717, 1.165) is 42.1 Å². The summed E-state index contributed by atoms with van der Waals surface area (Å²) in [6.07, 6.45) is 1.90.